The monoisotopic (exact) mass is 335 g/mol. The maximum atomic E-state index is 12.5. The number of benzene rings is 1. The Bertz CT molecular complexity index is 768. The van der Waals surface area contributed by atoms with E-state index in [4.69, 9.17) is 4.74 Å². The van der Waals surface area contributed by atoms with Crippen LogP contribution in [0.2, 0.25) is 0 Å². The molecule has 2 aromatic rings. The van der Waals surface area contributed by atoms with Crippen molar-refractivity contribution in [3.8, 4) is 11.5 Å². The quantitative estimate of drug-likeness (QED) is 0.788. The standard InChI is InChI=1S/C18H16F3NO2/c1-17(2)10-14(15-5-3-4-8-22-15)13-9-12(24-18(19,20)21)6-7-16(13)23-11-17/h3-10H,11H2,1-2H3. The molecular formula is C18H16F3NO2. The van der Waals surface area contributed by atoms with Crippen molar-refractivity contribution in [2.45, 2.75) is 20.2 Å². The molecule has 1 aromatic carbocycles. The number of pyridine rings is 1. The summed E-state index contributed by atoms with van der Waals surface area (Å²) in [6.07, 6.45) is -1.13. The molecule has 0 saturated carbocycles. The zero-order valence-electron chi connectivity index (χ0n) is 13.2. The first kappa shape index (κ1) is 16.4. The van der Waals surface area contributed by atoms with Crippen molar-refractivity contribution in [3.63, 3.8) is 0 Å². The lowest BCUT2D eigenvalue weighted by Gasteiger charge is -2.18. The van der Waals surface area contributed by atoms with Gasteiger partial charge in [-0.2, -0.15) is 0 Å². The number of nitrogens with zero attached hydrogens (tertiary/aromatic N) is 1. The van der Waals surface area contributed by atoms with Crippen molar-refractivity contribution in [2.24, 2.45) is 5.41 Å². The number of ether oxygens (including phenoxy) is 2. The van der Waals surface area contributed by atoms with Crippen LogP contribution in [-0.4, -0.2) is 18.0 Å². The van der Waals surface area contributed by atoms with E-state index in [1.54, 1.807) is 12.3 Å². The Morgan fingerprint density at radius 3 is 2.62 bits per heavy atom. The van der Waals surface area contributed by atoms with Crippen LogP contribution in [-0.2, 0) is 0 Å². The maximum Gasteiger partial charge on any atom is 0.573 e. The Balaban J connectivity index is 2.13. The third kappa shape index (κ3) is 3.69. The summed E-state index contributed by atoms with van der Waals surface area (Å²) in [6.45, 7) is 4.40. The number of fused-ring (bicyclic) bond motifs is 1. The van der Waals surface area contributed by atoms with E-state index >= 15 is 0 Å². The fourth-order valence-electron chi connectivity index (χ4n) is 2.55. The van der Waals surface area contributed by atoms with Crippen molar-refractivity contribution < 1.29 is 22.6 Å². The van der Waals surface area contributed by atoms with Gasteiger partial charge in [0.1, 0.15) is 11.5 Å². The van der Waals surface area contributed by atoms with Gasteiger partial charge in [-0.25, -0.2) is 0 Å². The smallest absolute Gasteiger partial charge is 0.492 e. The van der Waals surface area contributed by atoms with E-state index < -0.39 is 6.36 Å². The average molecular weight is 335 g/mol. The molecule has 0 radical (unpaired) electrons. The molecule has 0 spiro atoms. The molecule has 0 amide bonds. The molecule has 3 rings (SSSR count). The minimum absolute atomic E-state index is 0.286. The molecule has 0 bridgehead atoms. The minimum atomic E-state index is -4.74. The molecule has 6 heteroatoms. The van der Waals surface area contributed by atoms with Crippen LogP contribution in [0, 0.1) is 5.41 Å². The van der Waals surface area contributed by atoms with Gasteiger partial charge in [0.25, 0.3) is 0 Å². The van der Waals surface area contributed by atoms with Gasteiger partial charge in [0.05, 0.1) is 12.3 Å². The second-order valence-electron chi connectivity index (χ2n) is 6.26. The molecule has 1 aromatic heterocycles. The van der Waals surface area contributed by atoms with Crippen molar-refractivity contribution in [1.82, 2.24) is 4.98 Å². The normalized spacial score (nSPS) is 16.5. The second-order valence-corrected chi connectivity index (χ2v) is 6.26. The molecule has 24 heavy (non-hydrogen) atoms. The predicted molar refractivity (Wildman–Crippen MR) is 83.7 cm³/mol. The van der Waals surface area contributed by atoms with Crippen LogP contribution in [0.4, 0.5) is 13.2 Å². The second kappa shape index (κ2) is 5.85. The summed E-state index contributed by atoms with van der Waals surface area (Å²) in [7, 11) is 0. The molecule has 1 aliphatic heterocycles. The fourth-order valence-corrected chi connectivity index (χ4v) is 2.55. The Morgan fingerprint density at radius 1 is 1.17 bits per heavy atom. The SMILES string of the molecule is CC1(C)C=C(c2ccccn2)c2cc(OC(F)(F)F)ccc2OC1. The van der Waals surface area contributed by atoms with E-state index in [9.17, 15) is 13.2 Å². The summed E-state index contributed by atoms with van der Waals surface area (Å²) in [4.78, 5) is 4.33. The first-order valence-electron chi connectivity index (χ1n) is 7.41. The van der Waals surface area contributed by atoms with E-state index in [2.05, 4.69) is 9.72 Å². The van der Waals surface area contributed by atoms with Gasteiger partial charge in [0, 0.05) is 22.7 Å². The lowest BCUT2D eigenvalue weighted by Crippen LogP contribution is -2.18. The van der Waals surface area contributed by atoms with Crippen LogP contribution in [0.3, 0.4) is 0 Å². The highest BCUT2D eigenvalue weighted by Gasteiger charge is 2.32. The minimum Gasteiger partial charge on any atom is -0.492 e. The molecule has 1 aliphatic rings. The summed E-state index contributed by atoms with van der Waals surface area (Å²) in [5, 5.41) is 0. The van der Waals surface area contributed by atoms with Gasteiger partial charge in [0.2, 0.25) is 0 Å². The molecule has 2 heterocycles. The zero-order chi connectivity index (χ0) is 17.4. The van der Waals surface area contributed by atoms with Crippen LogP contribution >= 0.6 is 0 Å². The Morgan fingerprint density at radius 2 is 1.96 bits per heavy atom. The lowest BCUT2D eigenvalue weighted by atomic mass is 9.89. The van der Waals surface area contributed by atoms with E-state index in [1.165, 1.54) is 18.2 Å². The van der Waals surface area contributed by atoms with Gasteiger partial charge < -0.3 is 9.47 Å². The zero-order valence-corrected chi connectivity index (χ0v) is 13.2. The average Bonchev–Trinajstić information content (AvgIpc) is 2.63. The number of alkyl halides is 3. The van der Waals surface area contributed by atoms with Crippen molar-refractivity contribution in [1.29, 1.82) is 0 Å². The van der Waals surface area contributed by atoms with Crippen molar-refractivity contribution in [3.05, 3.63) is 59.9 Å². The molecule has 126 valence electrons. The van der Waals surface area contributed by atoms with E-state index in [0.29, 0.717) is 23.6 Å². The first-order chi connectivity index (χ1) is 11.2. The van der Waals surface area contributed by atoms with Crippen LogP contribution in [0.25, 0.3) is 5.57 Å². The molecule has 3 nitrogen and oxygen atoms in total. The first-order valence-corrected chi connectivity index (χ1v) is 7.41. The van der Waals surface area contributed by atoms with Gasteiger partial charge in [-0.05, 0) is 30.3 Å². The number of hydrogen-bond donors (Lipinski definition) is 0. The van der Waals surface area contributed by atoms with Crippen molar-refractivity contribution >= 4 is 5.57 Å². The molecule has 0 aliphatic carbocycles. The van der Waals surface area contributed by atoms with E-state index in [1.807, 2.05) is 32.1 Å². The van der Waals surface area contributed by atoms with Crippen molar-refractivity contribution in [2.75, 3.05) is 6.61 Å². The van der Waals surface area contributed by atoms with Gasteiger partial charge in [-0.15, -0.1) is 13.2 Å². The summed E-state index contributed by atoms with van der Waals surface area (Å²) in [5.41, 5.74) is 1.62. The number of hydrogen-bond acceptors (Lipinski definition) is 3. The molecule has 0 N–H and O–H groups in total. The van der Waals surface area contributed by atoms with Crippen LogP contribution in [0.1, 0.15) is 25.1 Å². The molecular weight excluding hydrogens is 319 g/mol. The molecule has 0 unspecified atom stereocenters. The number of halogens is 3. The summed E-state index contributed by atoms with van der Waals surface area (Å²) >= 11 is 0. The topological polar surface area (TPSA) is 31.4 Å². The van der Waals surface area contributed by atoms with E-state index in [-0.39, 0.29) is 11.2 Å². The Labute approximate surface area is 137 Å². The third-order valence-electron chi connectivity index (χ3n) is 3.55. The maximum absolute atomic E-state index is 12.5. The van der Waals surface area contributed by atoms with Gasteiger partial charge >= 0.3 is 6.36 Å². The Hall–Kier alpha value is -2.50. The highest BCUT2D eigenvalue weighted by atomic mass is 19.4. The van der Waals surface area contributed by atoms with Gasteiger partial charge in [-0.1, -0.05) is 26.0 Å². The highest BCUT2D eigenvalue weighted by molar-refractivity contribution is 5.82. The van der Waals surface area contributed by atoms with Crippen LogP contribution in [0.5, 0.6) is 11.5 Å². The molecule has 0 saturated heterocycles. The van der Waals surface area contributed by atoms with Crippen LogP contribution < -0.4 is 9.47 Å². The van der Waals surface area contributed by atoms with Gasteiger partial charge in [-0.3, -0.25) is 4.98 Å². The Kier molecular flexibility index (Phi) is 3.99. The lowest BCUT2D eigenvalue weighted by molar-refractivity contribution is -0.274. The fraction of sp³-hybridized carbons (Fsp3) is 0.278. The number of rotatable bonds is 2. The molecule has 0 atom stereocenters. The van der Waals surface area contributed by atoms with Crippen LogP contribution in [0.15, 0.2) is 48.7 Å². The summed E-state index contributed by atoms with van der Waals surface area (Å²) in [5.74, 6) is 0.221. The van der Waals surface area contributed by atoms with Gasteiger partial charge in [0.15, 0.2) is 0 Å². The highest BCUT2D eigenvalue weighted by Crippen LogP contribution is 2.40. The molecule has 0 fully saturated rings. The summed E-state index contributed by atoms with van der Waals surface area (Å²) in [6, 6.07) is 9.51. The summed E-state index contributed by atoms with van der Waals surface area (Å²) < 4.78 is 47.4. The number of aromatic nitrogens is 1. The van der Waals surface area contributed by atoms with E-state index in [0.717, 1.165) is 5.57 Å². The third-order valence-corrected chi connectivity index (χ3v) is 3.55. The predicted octanol–water partition coefficient (Wildman–Crippen LogP) is 4.83. The largest absolute Gasteiger partial charge is 0.573 e.